The van der Waals surface area contributed by atoms with E-state index >= 15 is 13.2 Å². The van der Waals surface area contributed by atoms with Gasteiger partial charge in [0.15, 0.2) is 78.5 Å². The molecule has 2 amide bonds. The van der Waals surface area contributed by atoms with Gasteiger partial charge in [-0.3, -0.25) is 52.7 Å². The third-order valence-corrected chi connectivity index (χ3v) is 20.5. The maximum Gasteiger partial charge on any atom is 0.501 e. The number of aromatic nitrogens is 1. The number of H-pyrrole nitrogens is 1. The molecule has 0 spiro atoms. The molecule has 684 valence electrons. The summed E-state index contributed by atoms with van der Waals surface area (Å²) < 4.78 is 144. The molecule has 4 aliphatic rings. The first-order chi connectivity index (χ1) is 59.3. The van der Waals surface area contributed by atoms with E-state index in [1.807, 2.05) is 27.7 Å². The fraction of sp³-hybridized carbons (Fsp3) is 0.531. The van der Waals surface area contributed by atoms with E-state index in [9.17, 15) is 57.5 Å². The molecule has 3 fully saturated rings. The van der Waals surface area contributed by atoms with Crippen molar-refractivity contribution < 1.29 is 169 Å². The van der Waals surface area contributed by atoms with Gasteiger partial charge in [0.2, 0.25) is 18.5 Å². The summed E-state index contributed by atoms with van der Waals surface area (Å²) in [7, 11) is -0.813. The summed E-state index contributed by atoms with van der Waals surface area (Å²) in [6.07, 6.45) is -27.9. The highest BCUT2D eigenvalue weighted by atomic mass is 35.5. The number of azide groups is 1. The summed E-state index contributed by atoms with van der Waals surface area (Å²) in [5, 5.41) is 8.75. The van der Waals surface area contributed by atoms with Crippen molar-refractivity contribution in [2.75, 3.05) is 78.6 Å². The van der Waals surface area contributed by atoms with Crippen molar-refractivity contribution >= 4 is 133 Å². The summed E-state index contributed by atoms with van der Waals surface area (Å²) in [5.74, 6) is -15.2. The number of fused-ring (bicyclic) bond motifs is 4. The van der Waals surface area contributed by atoms with Crippen molar-refractivity contribution in [1.29, 1.82) is 0 Å². The number of oxime groups is 1. The van der Waals surface area contributed by atoms with E-state index in [0.29, 0.717) is 27.4 Å². The van der Waals surface area contributed by atoms with Gasteiger partial charge in [-0.05, 0) is 89.0 Å². The van der Waals surface area contributed by atoms with Gasteiger partial charge in [0.25, 0.3) is 18.1 Å². The fourth-order valence-electron chi connectivity index (χ4n) is 14.4. The molecular weight excluding hydrogens is 1710 g/mol. The normalized spacial score (nSPS) is 23.5. The average Bonchev–Trinajstić information content (AvgIpc) is 1.57. The summed E-state index contributed by atoms with van der Waals surface area (Å²) in [6.45, 7) is 17.1. The molecule has 0 radical (unpaired) electrons. The lowest BCUT2D eigenvalue weighted by Gasteiger charge is -2.45. The van der Waals surface area contributed by atoms with Crippen molar-refractivity contribution in [3.8, 4) is 23.0 Å². The Morgan fingerprint density at radius 1 is 0.563 bits per heavy atom. The third-order valence-electron chi connectivity index (χ3n) is 19.4. The molecule has 126 heavy (non-hydrogen) atoms. The molecule has 0 aliphatic carbocycles. The number of carbonyl (C=O) groups is 13. The van der Waals surface area contributed by atoms with Crippen molar-refractivity contribution in [3.63, 3.8) is 0 Å². The number of nitrogens with zero attached hydrogens (tertiary/aromatic N) is 6. The number of amides is 2. The van der Waals surface area contributed by atoms with Crippen LogP contribution in [-0.4, -0.2) is 267 Å². The van der Waals surface area contributed by atoms with Crippen LogP contribution in [0.4, 0.5) is 5.69 Å². The number of aromatic amines is 1. The lowest BCUT2D eigenvalue weighted by molar-refractivity contribution is -0.331. The van der Waals surface area contributed by atoms with Gasteiger partial charge in [-0.2, -0.15) is 0 Å². The lowest BCUT2D eigenvalue weighted by Crippen LogP contribution is -2.65. The summed E-state index contributed by atoms with van der Waals surface area (Å²) in [5.41, 5.74) is 8.68. The molecule has 1 aromatic heterocycles. The van der Waals surface area contributed by atoms with Crippen LogP contribution < -0.4 is 22.7 Å². The van der Waals surface area contributed by atoms with Gasteiger partial charge in [-0.1, -0.05) is 44.0 Å². The molecule has 0 bridgehead atoms. The Bertz CT molecular complexity index is 5190. The zero-order valence-electron chi connectivity index (χ0n) is 71.7. The highest BCUT2D eigenvalue weighted by Crippen LogP contribution is 2.48. The van der Waals surface area contributed by atoms with Gasteiger partial charge in [0.1, 0.15) is 17.5 Å². The van der Waals surface area contributed by atoms with Crippen molar-refractivity contribution in [2.45, 2.75) is 195 Å². The molecule has 3 saturated heterocycles. The molecule has 43 nitrogen and oxygen atoms in total. The topological polar surface area (TPSA) is 533 Å². The molecule has 4 aliphatic heterocycles. The molecular formula is C81H96ClN7O36S. The summed E-state index contributed by atoms with van der Waals surface area (Å²) in [4.78, 5) is 186. The van der Waals surface area contributed by atoms with Crippen molar-refractivity contribution in [2.24, 2.45) is 21.1 Å². The van der Waals surface area contributed by atoms with Crippen LogP contribution in [0, 0.1) is 10.8 Å². The van der Waals surface area contributed by atoms with E-state index in [1.54, 1.807) is 24.3 Å². The number of benzene rings is 4. The number of hydrogen-bond donors (Lipinski definition) is 1. The summed E-state index contributed by atoms with van der Waals surface area (Å²) in [6, 6.07) is 15.3. The van der Waals surface area contributed by atoms with E-state index in [0.717, 1.165) is 88.7 Å². The number of esters is 11. The molecule has 1 unspecified atom stereocenters. The third kappa shape index (κ3) is 24.5. The minimum absolute atomic E-state index is 0.0278. The first-order valence-corrected chi connectivity index (χ1v) is 40.6. The zero-order chi connectivity index (χ0) is 92.9. The molecule has 5 aromatic rings. The second-order valence-corrected chi connectivity index (χ2v) is 32.4. The quantitative estimate of drug-likeness (QED) is 0.00660. The van der Waals surface area contributed by atoms with E-state index in [2.05, 4.69) is 20.2 Å². The maximum absolute atomic E-state index is 15.3. The van der Waals surface area contributed by atoms with Gasteiger partial charge >= 0.3 is 76.1 Å². The first-order valence-electron chi connectivity index (χ1n) is 38.7. The average molecular weight is 1810 g/mol. The van der Waals surface area contributed by atoms with Crippen LogP contribution >= 0.6 is 11.6 Å². The van der Waals surface area contributed by atoms with E-state index in [1.165, 1.54) is 61.2 Å². The zero-order valence-corrected chi connectivity index (χ0v) is 73.3. The number of alkyl halides is 1. The minimum atomic E-state index is -5.58. The minimum Gasteiger partial charge on any atom is -0.497 e. The number of rotatable bonds is 35. The fourth-order valence-corrected chi connectivity index (χ4v) is 15.4. The van der Waals surface area contributed by atoms with Crippen LogP contribution in [0.1, 0.15) is 135 Å². The van der Waals surface area contributed by atoms with Gasteiger partial charge in [0.05, 0.1) is 52.5 Å². The second-order valence-electron chi connectivity index (χ2n) is 30.9. The summed E-state index contributed by atoms with van der Waals surface area (Å²) >= 11 is 6.76. The number of carbonyl (C=O) groups excluding carboxylic acids is 13. The Hall–Kier alpha value is -12.2. The molecule has 16 atom stereocenters. The Labute approximate surface area is 725 Å². The number of halogens is 1. The molecule has 5 heterocycles. The van der Waals surface area contributed by atoms with E-state index in [4.69, 9.17) is 116 Å². The Kier molecular flexibility index (Phi) is 32.3. The Morgan fingerprint density at radius 3 is 1.60 bits per heavy atom. The highest BCUT2D eigenvalue weighted by molar-refractivity contribution is 7.82. The van der Waals surface area contributed by atoms with Crippen molar-refractivity contribution in [3.05, 3.63) is 99.6 Å². The predicted molar refractivity (Wildman–Crippen MR) is 430 cm³/mol. The van der Waals surface area contributed by atoms with E-state index in [-0.39, 0.29) is 72.5 Å². The van der Waals surface area contributed by atoms with Crippen molar-refractivity contribution in [1.82, 2.24) is 9.88 Å². The van der Waals surface area contributed by atoms with Gasteiger partial charge in [-0.25, -0.2) is 9.59 Å². The maximum atomic E-state index is 15.3. The Morgan fingerprint density at radius 2 is 1.06 bits per heavy atom. The van der Waals surface area contributed by atoms with Crippen LogP contribution in [-0.2, 0) is 144 Å². The smallest absolute Gasteiger partial charge is 0.497 e. The number of nitrogens with one attached hydrogen (secondary N) is 1. The monoisotopic (exact) mass is 1810 g/mol. The van der Waals surface area contributed by atoms with Crippen LogP contribution in [0.2, 0.25) is 0 Å². The number of ether oxygens (including phenoxy) is 18. The Balaban J connectivity index is 1.05. The lowest BCUT2D eigenvalue weighted by atomic mass is 9.92. The standard InChI is InChI=1S/C81H96ClN7O36S/c1-37(86-123-79-72(118-46(10)98)63(111-39(3)91)62(110-38(2)90)60(120-79)32-109-77-70(116-44(8)96)66(114-42(6)94)64(112-40(4)92)68(121-77)75(101)106-17)47-19-23-54-49(25-47)26-55(85-54)74(100)89-31-50(30-82)61-53-28-51(105-16)21-22-52(53)58(29-56(61)89)124-126(103,104)125-59-27-48(73(99)88(15)34-81(13,14)36-108-35-80(11,12)33-84-87-83)20-24-57(59)119-78-71(117-45(9)97)67(115-43(7)95)65(113-41(5)93)69(122-78)76(102)107-18/h19-29,50,60,62-72,77-79,85H,30-36H2,1-18H3/b86-37+/t50-,60-,62+,63+,64+,65+,66+,67+,68?,69+,70-,71-,72-,77-,78-,79+/m1/s1. The number of anilines is 1. The molecule has 4 aromatic carbocycles. The van der Waals surface area contributed by atoms with Crippen LogP contribution in [0.15, 0.2) is 77.0 Å². The first kappa shape index (κ1) is 97.6. The molecule has 45 heteroatoms. The predicted octanol–water partition coefficient (Wildman–Crippen LogP) is 6.51. The number of methoxy groups -OCH3 is 3. The highest BCUT2D eigenvalue weighted by Gasteiger charge is 2.59. The van der Waals surface area contributed by atoms with Gasteiger partial charge < -0.3 is 113 Å². The number of hydrogen-bond acceptors (Lipinski definition) is 38. The molecule has 1 N–H and O–H groups in total. The molecule has 0 saturated carbocycles. The van der Waals surface area contributed by atoms with Crippen LogP contribution in [0.3, 0.4) is 0 Å². The van der Waals surface area contributed by atoms with Gasteiger partial charge in [-0.15, -0.1) is 20.0 Å². The van der Waals surface area contributed by atoms with Crippen LogP contribution in [0.25, 0.3) is 32.1 Å². The largest absolute Gasteiger partial charge is 0.501 e. The van der Waals surface area contributed by atoms with E-state index < -0.39 is 221 Å². The second kappa shape index (κ2) is 41.7. The van der Waals surface area contributed by atoms with Crippen LogP contribution in [0.5, 0.6) is 23.0 Å². The van der Waals surface area contributed by atoms with Gasteiger partial charge in [0, 0.05) is 139 Å². The molecule has 9 rings (SSSR count). The SMILES string of the molecule is COC(=O)C1O[C@@H](OC[C@H]2O[C@@H](O/N=C(\C)c3ccc4[nH]c(C(=O)N5C[C@@H](CCl)c6c5cc(OS(=O)(=O)Oc5cc(C(=O)N(C)CC(C)(C)COCC(C)(C)CN=[N+]=[N-])ccc5O[C@@H]5O[C@H](C(=O)OC)[C@@H](OC(C)=O)[C@H](OC(C)=O)[C@H]5OC(C)=O)c5ccc(OC)cc65)cc4c3)[C@H](OC(C)=O)[C@@H](OC(C)=O)[C@H]2OC(C)=O)[C@H](OC(C)=O)[C@@H](OC(C)=O)[C@@H]1OC(C)=O.